The van der Waals surface area contributed by atoms with Gasteiger partial charge >= 0.3 is 5.97 Å². The standard InChI is InChI=1S/C45H76O2/c1-7-8-9-10-11-12-13-14-15-16-17-18-19-20-21-25-43(46)47-38-30-32-44(5)37(34-38)26-27-39-41-29-28-40(36(4)24-22-23-35(2)3)45(41,6)33-31-42(39)44/h11-12,14-15,26,35-36,38-42H,7-10,13,16-25,27-34H2,1-6H3/b12-11-,15-14-/t36-,38-,39+,40-,41+,42+,44+,45-/m1/s1. The lowest BCUT2D eigenvalue weighted by Gasteiger charge is -2.58. The van der Waals surface area contributed by atoms with Crippen molar-refractivity contribution in [3.63, 3.8) is 0 Å². The Kier molecular flexibility index (Phi) is 15.7. The van der Waals surface area contributed by atoms with Crippen molar-refractivity contribution in [3.8, 4) is 0 Å². The first-order chi connectivity index (χ1) is 22.7. The SMILES string of the molecule is CCCCC/C=C\C/C=C\CCCCCCCC(=O)O[C@@H]1CC[C@@]2(C)C(=CC[C@H]3[C@@H]4CC[C@H]([C@H](C)CCCC(C)C)[C@@]4(C)CC[C@@H]32)C1. The van der Waals surface area contributed by atoms with E-state index in [0.717, 1.165) is 67.6 Å². The molecule has 0 heterocycles. The van der Waals surface area contributed by atoms with Gasteiger partial charge in [0.05, 0.1) is 0 Å². The molecule has 3 fully saturated rings. The Bertz CT molecular complexity index is 1020. The molecule has 8 atom stereocenters. The van der Waals surface area contributed by atoms with Crippen molar-refractivity contribution >= 4 is 5.97 Å². The number of esters is 1. The van der Waals surface area contributed by atoms with Crippen LogP contribution < -0.4 is 0 Å². The van der Waals surface area contributed by atoms with E-state index in [4.69, 9.17) is 4.74 Å². The van der Waals surface area contributed by atoms with Crippen LogP contribution in [0.5, 0.6) is 0 Å². The quantitative estimate of drug-likeness (QED) is 0.0746. The third-order valence-corrected chi connectivity index (χ3v) is 13.9. The van der Waals surface area contributed by atoms with Crippen LogP contribution in [0.4, 0.5) is 0 Å². The first-order valence-electron chi connectivity index (χ1n) is 20.9. The Hall–Kier alpha value is -1.31. The molecule has 0 radical (unpaired) electrons. The van der Waals surface area contributed by atoms with E-state index in [0.29, 0.717) is 17.3 Å². The van der Waals surface area contributed by atoms with Gasteiger partial charge in [0.1, 0.15) is 6.10 Å². The summed E-state index contributed by atoms with van der Waals surface area (Å²) in [5, 5.41) is 0. The fourth-order valence-electron chi connectivity index (χ4n) is 11.1. The number of allylic oxidation sites excluding steroid dienone is 5. The van der Waals surface area contributed by atoms with Gasteiger partial charge in [-0.3, -0.25) is 4.79 Å². The van der Waals surface area contributed by atoms with Crippen molar-refractivity contribution in [1.82, 2.24) is 0 Å². The first-order valence-corrected chi connectivity index (χ1v) is 20.9. The average Bonchev–Trinajstić information content (AvgIpc) is 3.40. The summed E-state index contributed by atoms with van der Waals surface area (Å²) in [6.07, 6.45) is 40.5. The summed E-state index contributed by atoms with van der Waals surface area (Å²) in [7, 11) is 0. The van der Waals surface area contributed by atoms with E-state index in [9.17, 15) is 4.79 Å². The predicted molar refractivity (Wildman–Crippen MR) is 202 cm³/mol. The molecule has 4 aliphatic carbocycles. The van der Waals surface area contributed by atoms with Crippen LogP contribution >= 0.6 is 0 Å². The minimum absolute atomic E-state index is 0.0477. The fraction of sp³-hybridized carbons (Fsp3) is 0.844. The Labute approximate surface area is 292 Å². The van der Waals surface area contributed by atoms with Gasteiger partial charge in [-0.05, 0) is 130 Å². The normalized spacial score (nSPS) is 32.7. The van der Waals surface area contributed by atoms with Crippen molar-refractivity contribution in [1.29, 1.82) is 0 Å². The summed E-state index contributed by atoms with van der Waals surface area (Å²) in [5.74, 6) is 5.30. The number of rotatable bonds is 20. The molecule has 0 bridgehead atoms. The highest BCUT2D eigenvalue weighted by Crippen LogP contribution is 2.67. The van der Waals surface area contributed by atoms with Gasteiger partial charge in [0.15, 0.2) is 0 Å². The lowest BCUT2D eigenvalue weighted by atomic mass is 9.47. The molecule has 2 nitrogen and oxygen atoms in total. The number of carbonyl (C=O) groups excluding carboxylic acids is 1. The summed E-state index contributed by atoms with van der Waals surface area (Å²) in [5.41, 5.74) is 2.52. The number of carbonyl (C=O) groups is 1. The molecule has 0 unspecified atom stereocenters. The molecule has 268 valence electrons. The summed E-state index contributed by atoms with van der Waals surface area (Å²) in [6.45, 7) is 14.9. The first kappa shape index (κ1) is 38.5. The average molecular weight is 649 g/mol. The van der Waals surface area contributed by atoms with Crippen molar-refractivity contribution in [2.24, 2.45) is 46.3 Å². The molecule has 0 saturated heterocycles. The van der Waals surface area contributed by atoms with E-state index < -0.39 is 0 Å². The second-order valence-corrected chi connectivity index (χ2v) is 17.6. The molecule has 4 aliphatic rings. The third-order valence-electron chi connectivity index (χ3n) is 13.9. The monoisotopic (exact) mass is 649 g/mol. The highest BCUT2D eigenvalue weighted by atomic mass is 16.5. The maximum absolute atomic E-state index is 12.8. The van der Waals surface area contributed by atoms with Crippen LogP contribution in [-0.4, -0.2) is 12.1 Å². The molecule has 4 rings (SSSR count). The van der Waals surface area contributed by atoms with E-state index in [2.05, 4.69) is 71.9 Å². The number of ether oxygens (including phenoxy) is 1. The van der Waals surface area contributed by atoms with Crippen LogP contribution in [0.15, 0.2) is 36.0 Å². The van der Waals surface area contributed by atoms with Crippen LogP contribution in [-0.2, 0) is 9.53 Å². The molecule has 0 aromatic heterocycles. The topological polar surface area (TPSA) is 26.3 Å². The Morgan fingerprint density at radius 1 is 0.830 bits per heavy atom. The van der Waals surface area contributed by atoms with Crippen molar-refractivity contribution in [3.05, 3.63) is 36.0 Å². The maximum atomic E-state index is 12.8. The van der Waals surface area contributed by atoms with Crippen LogP contribution in [0.3, 0.4) is 0 Å². The minimum Gasteiger partial charge on any atom is -0.462 e. The molecule has 0 amide bonds. The van der Waals surface area contributed by atoms with Gasteiger partial charge in [-0.1, -0.05) is 129 Å². The van der Waals surface area contributed by atoms with Gasteiger partial charge in [-0.2, -0.15) is 0 Å². The van der Waals surface area contributed by atoms with E-state index >= 15 is 0 Å². The van der Waals surface area contributed by atoms with E-state index in [-0.39, 0.29) is 12.1 Å². The molecular weight excluding hydrogens is 572 g/mol. The molecule has 0 aliphatic heterocycles. The van der Waals surface area contributed by atoms with Crippen LogP contribution in [0.1, 0.15) is 189 Å². The van der Waals surface area contributed by atoms with Gasteiger partial charge in [-0.15, -0.1) is 0 Å². The number of fused-ring (bicyclic) bond motifs is 5. The van der Waals surface area contributed by atoms with Gasteiger partial charge in [-0.25, -0.2) is 0 Å². The molecule has 2 heteroatoms. The zero-order chi connectivity index (χ0) is 33.7. The highest BCUT2D eigenvalue weighted by molar-refractivity contribution is 5.69. The molecular formula is C45H76O2. The second kappa shape index (κ2) is 19.2. The van der Waals surface area contributed by atoms with E-state index in [1.165, 1.54) is 109 Å². The van der Waals surface area contributed by atoms with Gasteiger partial charge in [0.25, 0.3) is 0 Å². The highest BCUT2D eigenvalue weighted by Gasteiger charge is 2.59. The maximum Gasteiger partial charge on any atom is 0.306 e. The van der Waals surface area contributed by atoms with Crippen LogP contribution in [0.2, 0.25) is 0 Å². The second-order valence-electron chi connectivity index (χ2n) is 17.6. The Morgan fingerprint density at radius 2 is 1.55 bits per heavy atom. The van der Waals surface area contributed by atoms with E-state index in [1.54, 1.807) is 5.57 Å². The summed E-state index contributed by atoms with van der Waals surface area (Å²) in [4.78, 5) is 12.8. The zero-order valence-electron chi connectivity index (χ0n) is 32.0. The Balaban J connectivity index is 1.13. The van der Waals surface area contributed by atoms with Crippen LogP contribution in [0.25, 0.3) is 0 Å². The zero-order valence-corrected chi connectivity index (χ0v) is 32.0. The molecule has 47 heavy (non-hydrogen) atoms. The molecule has 0 aromatic rings. The Morgan fingerprint density at radius 3 is 2.30 bits per heavy atom. The largest absolute Gasteiger partial charge is 0.462 e. The molecule has 3 saturated carbocycles. The third kappa shape index (κ3) is 10.6. The van der Waals surface area contributed by atoms with Crippen LogP contribution in [0, 0.1) is 46.3 Å². The lowest BCUT2D eigenvalue weighted by Crippen LogP contribution is -2.51. The van der Waals surface area contributed by atoms with Crippen molar-refractivity contribution in [2.45, 2.75) is 195 Å². The summed E-state index contributed by atoms with van der Waals surface area (Å²) < 4.78 is 6.12. The van der Waals surface area contributed by atoms with Crippen molar-refractivity contribution < 1.29 is 9.53 Å². The molecule has 0 N–H and O–H groups in total. The fourth-order valence-corrected chi connectivity index (χ4v) is 11.1. The van der Waals surface area contributed by atoms with Gasteiger partial charge < -0.3 is 4.74 Å². The van der Waals surface area contributed by atoms with E-state index in [1.807, 2.05) is 0 Å². The minimum atomic E-state index is 0.0477. The lowest BCUT2D eigenvalue weighted by molar-refractivity contribution is -0.151. The number of unbranched alkanes of at least 4 members (excludes halogenated alkanes) is 8. The smallest absolute Gasteiger partial charge is 0.306 e. The van der Waals surface area contributed by atoms with Crippen molar-refractivity contribution in [2.75, 3.05) is 0 Å². The number of hydrogen-bond donors (Lipinski definition) is 0. The predicted octanol–water partition coefficient (Wildman–Crippen LogP) is 13.8. The van der Waals surface area contributed by atoms with Gasteiger partial charge in [0, 0.05) is 12.8 Å². The van der Waals surface area contributed by atoms with Gasteiger partial charge in [0.2, 0.25) is 0 Å². The number of hydrogen-bond acceptors (Lipinski definition) is 2. The molecule has 0 aromatic carbocycles. The summed E-state index contributed by atoms with van der Waals surface area (Å²) in [6, 6.07) is 0. The summed E-state index contributed by atoms with van der Waals surface area (Å²) >= 11 is 0. The molecule has 0 spiro atoms.